The number of methoxy groups -OCH3 is 2. The molecule has 1 rings (SSSR count). The van der Waals surface area contributed by atoms with Crippen LogP contribution in [-0.2, 0) is 15.9 Å². The Balaban J connectivity index is 3.79. The number of aromatic nitrogens is 1. The van der Waals surface area contributed by atoms with Crippen LogP contribution >= 0.6 is 0 Å². The van der Waals surface area contributed by atoms with Gasteiger partial charge >= 0.3 is 11.9 Å². The van der Waals surface area contributed by atoms with Crippen LogP contribution in [0, 0.1) is 12.8 Å². The van der Waals surface area contributed by atoms with Crippen molar-refractivity contribution < 1.29 is 27.8 Å². The molecule has 0 atom stereocenters. The normalized spacial score (nSPS) is 11.0. The molecular weight excluding hydrogens is 296 g/mol. The lowest BCUT2D eigenvalue weighted by Gasteiger charge is -2.18. The van der Waals surface area contributed by atoms with Crippen LogP contribution < -0.4 is 0 Å². The zero-order valence-corrected chi connectivity index (χ0v) is 13.2. The highest BCUT2D eigenvalue weighted by Crippen LogP contribution is 2.30. The number of esters is 2. The van der Waals surface area contributed by atoms with Gasteiger partial charge in [0.25, 0.3) is 6.43 Å². The number of hydrogen-bond acceptors (Lipinski definition) is 5. The van der Waals surface area contributed by atoms with Crippen molar-refractivity contribution in [3.05, 3.63) is 28.1 Å². The molecule has 0 N–H and O–H groups in total. The van der Waals surface area contributed by atoms with Gasteiger partial charge in [-0.15, -0.1) is 0 Å². The van der Waals surface area contributed by atoms with Crippen molar-refractivity contribution in [2.24, 2.45) is 5.92 Å². The van der Waals surface area contributed by atoms with Crippen LogP contribution in [0.25, 0.3) is 0 Å². The summed E-state index contributed by atoms with van der Waals surface area (Å²) in [5.41, 5.74) is -0.687. The quantitative estimate of drug-likeness (QED) is 0.781. The number of carbonyl (C=O) groups excluding carboxylic acids is 2. The van der Waals surface area contributed by atoms with Crippen molar-refractivity contribution in [2.75, 3.05) is 14.2 Å². The molecule has 0 fully saturated rings. The number of ether oxygens (including phenoxy) is 2. The number of aryl methyl sites for hydroxylation is 1. The largest absolute Gasteiger partial charge is 0.465 e. The van der Waals surface area contributed by atoms with Crippen molar-refractivity contribution in [2.45, 2.75) is 33.6 Å². The summed E-state index contributed by atoms with van der Waals surface area (Å²) in [6.07, 6.45) is -2.71. The van der Waals surface area contributed by atoms with Gasteiger partial charge in [-0.1, -0.05) is 13.8 Å². The van der Waals surface area contributed by atoms with E-state index in [-0.39, 0.29) is 34.7 Å². The summed E-state index contributed by atoms with van der Waals surface area (Å²) in [5, 5.41) is 0. The molecule has 0 spiro atoms. The number of nitrogens with zero attached hydrogens (tertiary/aromatic N) is 1. The van der Waals surface area contributed by atoms with Gasteiger partial charge in [-0.05, 0) is 24.8 Å². The Morgan fingerprint density at radius 3 is 2.00 bits per heavy atom. The van der Waals surface area contributed by atoms with Crippen molar-refractivity contribution in [1.82, 2.24) is 4.98 Å². The first-order valence-corrected chi connectivity index (χ1v) is 6.72. The monoisotopic (exact) mass is 315 g/mol. The molecule has 22 heavy (non-hydrogen) atoms. The number of pyridine rings is 1. The summed E-state index contributed by atoms with van der Waals surface area (Å²) >= 11 is 0. The highest BCUT2D eigenvalue weighted by Gasteiger charge is 2.31. The van der Waals surface area contributed by atoms with Crippen LogP contribution in [0.4, 0.5) is 8.78 Å². The second kappa shape index (κ2) is 7.29. The highest BCUT2D eigenvalue weighted by atomic mass is 19.3. The Morgan fingerprint density at radius 2 is 1.59 bits per heavy atom. The molecule has 0 unspecified atom stereocenters. The van der Waals surface area contributed by atoms with E-state index in [1.165, 1.54) is 14.0 Å². The Hall–Kier alpha value is -2.05. The summed E-state index contributed by atoms with van der Waals surface area (Å²) in [7, 11) is 2.27. The van der Waals surface area contributed by atoms with Gasteiger partial charge in [0.05, 0.1) is 31.0 Å². The number of hydrogen-bond donors (Lipinski definition) is 0. The number of carbonyl (C=O) groups is 2. The number of halogens is 2. The van der Waals surface area contributed by atoms with Crippen molar-refractivity contribution in [3.63, 3.8) is 0 Å². The lowest BCUT2D eigenvalue weighted by Crippen LogP contribution is -2.20. The lowest BCUT2D eigenvalue weighted by molar-refractivity contribution is 0.0582. The maximum Gasteiger partial charge on any atom is 0.340 e. The molecule has 1 aromatic rings. The molecule has 0 saturated heterocycles. The van der Waals surface area contributed by atoms with Crippen molar-refractivity contribution >= 4 is 11.9 Å². The third kappa shape index (κ3) is 3.58. The molecule has 0 radical (unpaired) electrons. The third-order valence-electron chi connectivity index (χ3n) is 3.11. The molecule has 0 bridgehead atoms. The third-order valence-corrected chi connectivity index (χ3v) is 3.11. The molecule has 1 heterocycles. The predicted octanol–water partition coefficient (Wildman–Crippen LogP) is 3.10. The maximum atomic E-state index is 13.2. The van der Waals surface area contributed by atoms with Gasteiger partial charge in [-0.2, -0.15) is 0 Å². The minimum atomic E-state index is -2.95. The van der Waals surface area contributed by atoms with Gasteiger partial charge in [0, 0.05) is 0 Å². The maximum absolute atomic E-state index is 13.2. The van der Waals surface area contributed by atoms with E-state index in [1.807, 2.05) is 13.8 Å². The standard InChI is InChI=1S/C15H19F2NO4/c1-7(2)6-9-10(14(19)21-4)8(3)18-12(13(16)17)11(9)15(20)22-5/h7,13H,6H2,1-5H3. The van der Waals surface area contributed by atoms with E-state index in [0.717, 1.165) is 7.11 Å². The highest BCUT2D eigenvalue weighted by molar-refractivity contribution is 5.99. The Labute approximate surface area is 127 Å². The number of rotatable bonds is 5. The zero-order valence-electron chi connectivity index (χ0n) is 13.2. The Kier molecular flexibility index (Phi) is 5.96. The van der Waals surface area contributed by atoms with E-state index in [0.29, 0.717) is 0 Å². The summed E-state index contributed by atoms with van der Waals surface area (Å²) in [6.45, 7) is 5.13. The summed E-state index contributed by atoms with van der Waals surface area (Å²) in [5.74, 6) is -1.63. The first-order chi connectivity index (χ1) is 10.2. The van der Waals surface area contributed by atoms with Crippen LogP contribution in [0.1, 0.15) is 57.9 Å². The van der Waals surface area contributed by atoms with E-state index < -0.39 is 24.1 Å². The van der Waals surface area contributed by atoms with Crippen LogP contribution in [0.5, 0.6) is 0 Å². The minimum Gasteiger partial charge on any atom is -0.465 e. The molecule has 0 amide bonds. The Bertz CT molecular complexity index is 585. The molecule has 5 nitrogen and oxygen atoms in total. The van der Waals surface area contributed by atoms with Gasteiger partial charge in [-0.3, -0.25) is 4.98 Å². The van der Waals surface area contributed by atoms with E-state index in [4.69, 9.17) is 0 Å². The van der Waals surface area contributed by atoms with Crippen LogP contribution in [0.2, 0.25) is 0 Å². The molecule has 0 aliphatic rings. The number of alkyl halides is 2. The molecular formula is C15H19F2NO4. The fourth-order valence-electron chi connectivity index (χ4n) is 2.26. The van der Waals surface area contributed by atoms with Crippen LogP contribution in [0.15, 0.2) is 0 Å². The molecule has 122 valence electrons. The first kappa shape index (κ1) is 18.0. The lowest BCUT2D eigenvalue weighted by atomic mass is 9.91. The molecule has 0 aliphatic heterocycles. The topological polar surface area (TPSA) is 65.5 Å². The van der Waals surface area contributed by atoms with Gasteiger partial charge in [0.2, 0.25) is 0 Å². The average molecular weight is 315 g/mol. The van der Waals surface area contributed by atoms with E-state index in [2.05, 4.69) is 14.5 Å². The summed E-state index contributed by atoms with van der Waals surface area (Å²) in [6, 6.07) is 0. The Morgan fingerprint density at radius 1 is 1.09 bits per heavy atom. The van der Waals surface area contributed by atoms with Gasteiger partial charge in [-0.25, -0.2) is 18.4 Å². The minimum absolute atomic E-state index is 0.0270. The van der Waals surface area contributed by atoms with Crippen molar-refractivity contribution in [3.8, 4) is 0 Å². The molecule has 0 aromatic carbocycles. The summed E-state index contributed by atoms with van der Waals surface area (Å²) < 4.78 is 35.8. The average Bonchev–Trinajstić information content (AvgIpc) is 2.44. The summed E-state index contributed by atoms with van der Waals surface area (Å²) in [4.78, 5) is 27.7. The first-order valence-electron chi connectivity index (χ1n) is 6.72. The second-order valence-electron chi connectivity index (χ2n) is 5.19. The van der Waals surface area contributed by atoms with Gasteiger partial charge in [0.15, 0.2) is 0 Å². The van der Waals surface area contributed by atoms with Gasteiger partial charge in [0.1, 0.15) is 5.69 Å². The molecule has 0 saturated carbocycles. The van der Waals surface area contributed by atoms with E-state index in [1.54, 1.807) is 0 Å². The van der Waals surface area contributed by atoms with Crippen LogP contribution in [0.3, 0.4) is 0 Å². The predicted molar refractivity (Wildman–Crippen MR) is 75.2 cm³/mol. The SMILES string of the molecule is COC(=O)c1c(C)nc(C(F)F)c(C(=O)OC)c1CC(C)C. The van der Waals surface area contributed by atoms with Crippen LogP contribution in [-0.4, -0.2) is 31.1 Å². The van der Waals surface area contributed by atoms with E-state index in [9.17, 15) is 18.4 Å². The van der Waals surface area contributed by atoms with Crippen molar-refractivity contribution in [1.29, 1.82) is 0 Å². The second-order valence-corrected chi connectivity index (χ2v) is 5.19. The molecule has 0 aliphatic carbocycles. The van der Waals surface area contributed by atoms with Gasteiger partial charge < -0.3 is 9.47 Å². The smallest absolute Gasteiger partial charge is 0.340 e. The fraction of sp³-hybridized carbons (Fsp3) is 0.533. The molecule has 7 heteroatoms. The molecule has 1 aromatic heterocycles. The zero-order chi connectivity index (χ0) is 17.0. The fourth-order valence-corrected chi connectivity index (χ4v) is 2.26. The van der Waals surface area contributed by atoms with E-state index >= 15 is 0 Å².